The van der Waals surface area contributed by atoms with Crippen molar-refractivity contribution in [3.63, 3.8) is 0 Å². The van der Waals surface area contributed by atoms with E-state index >= 15 is 0 Å². The molecule has 21 heavy (non-hydrogen) atoms. The Balaban J connectivity index is 2.48. The summed E-state index contributed by atoms with van der Waals surface area (Å²) in [5, 5.41) is 0. The van der Waals surface area contributed by atoms with E-state index in [2.05, 4.69) is 36.7 Å². The molecular weight excluding hydrogens is 330 g/mol. The molecule has 0 aromatic heterocycles. The van der Waals surface area contributed by atoms with Crippen LogP contribution in [0.15, 0.2) is 40.9 Å². The SMILES string of the molecule is COc1cc(Br)c(Oc2ccc(N)cc2)c(C(C)(C)C)c1. The fourth-order valence-corrected chi connectivity index (χ4v) is 2.52. The predicted molar refractivity (Wildman–Crippen MR) is 90.3 cm³/mol. The van der Waals surface area contributed by atoms with Crippen LogP contribution in [-0.4, -0.2) is 7.11 Å². The second kappa shape index (κ2) is 5.98. The van der Waals surface area contributed by atoms with Gasteiger partial charge in [-0.2, -0.15) is 0 Å². The first-order valence-corrected chi connectivity index (χ1v) is 7.52. The van der Waals surface area contributed by atoms with Gasteiger partial charge in [-0.15, -0.1) is 0 Å². The van der Waals surface area contributed by atoms with E-state index in [4.69, 9.17) is 15.2 Å². The molecule has 3 nitrogen and oxygen atoms in total. The molecule has 4 heteroatoms. The summed E-state index contributed by atoms with van der Waals surface area (Å²) in [6.45, 7) is 6.43. The lowest BCUT2D eigenvalue weighted by Crippen LogP contribution is -2.13. The third-order valence-electron chi connectivity index (χ3n) is 3.16. The van der Waals surface area contributed by atoms with Gasteiger partial charge in [-0.25, -0.2) is 0 Å². The number of benzene rings is 2. The molecule has 0 aliphatic carbocycles. The van der Waals surface area contributed by atoms with E-state index in [1.807, 2.05) is 36.4 Å². The molecule has 2 aromatic rings. The van der Waals surface area contributed by atoms with Crippen LogP contribution in [0.1, 0.15) is 26.3 Å². The molecule has 0 fully saturated rings. The van der Waals surface area contributed by atoms with Gasteiger partial charge in [0, 0.05) is 11.3 Å². The van der Waals surface area contributed by atoms with Crippen LogP contribution >= 0.6 is 15.9 Å². The molecule has 0 unspecified atom stereocenters. The monoisotopic (exact) mass is 349 g/mol. The zero-order valence-electron chi connectivity index (χ0n) is 12.7. The molecule has 0 saturated heterocycles. The average molecular weight is 350 g/mol. The molecule has 0 spiro atoms. The molecule has 112 valence electrons. The Hall–Kier alpha value is -1.68. The van der Waals surface area contributed by atoms with E-state index in [0.29, 0.717) is 5.69 Å². The second-order valence-corrected chi connectivity index (χ2v) is 6.76. The highest BCUT2D eigenvalue weighted by molar-refractivity contribution is 9.10. The lowest BCUT2D eigenvalue weighted by molar-refractivity contribution is 0.406. The van der Waals surface area contributed by atoms with Gasteiger partial charge in [0.25, 0.3) is 0 Å². The summed E-state index contributed by atoms with van der Waals surface area (Å²) in [5.41, 5.74) is 7.43. The van der Waals surface area contributed by atoms with Gasteiger partial charge in [-0.1, -0.05) is 20.8 Å². The lowest BCUT2D eigenvalue weighted by atomic mass is 9.86. The highest BCUT2D eigenvalue weighted by Crippen LogP contribution is 2.42. The Bertz CT molecular complexity index is 630. The predicted octanol–water partition coefficient (Wildman–Crippen LogP) is 5.13. The van der Waals surface area contributed by atoms with E-state index < -0.39 is 0 Å². The molecule has 2 aromatic carbocycles. The van der Waals surface area contributed by atoms with Gasteiger partial charge < -0.3 is 15.2 Å². The van der Waals surface area contributed by atoms with Gasteiger partial charge >= 0.3 is 0 Å². The first-order chi connectivity index (χ1) is 9.81. The lowest BCUT2D eigenvalue weighted by Gasteiger charge is -2.24. The van der Waals surface area contributed by atoms with E-state index in [1.165, 1.54) is 0 Å². The van der Waals surface area contributed by atoms with Crippen LogP contribution in [0.5, 0.6) is 17.2 Å². The molecule has 0 bridgehead atoms. The van der Waals surface area contributed by atoms with Gasteiger partial charge in [-0.3, -0.25) is 0 Å². The first kappa shape index (κ1) is 15.7. The van der Waals surface area contributed by atoms with Gasteiger partial charge in [0.05, 0.1) is 11.6 Å². The van der Waals surface area contributed by atoms with Crippen molar-refractivity contribution in [2.45, 2.75) is 26.2 Å². The smallest absolute Gasteiger partial charge is 0.145 e. The van der Waals surface area contributed by atoms with Gasteiger partial charge in [0.1, 0.15) is 17.2 Å². The summed E-state index contributed by atoms with van der Waals surface area (Å²) in [4.78, 5) is 0. The van der Waals surface area contributed by atoms with Crippen molar-refractivity contribution in [1.82, 2.24) is 0 Å². The molecule has 0 saturated carbocycles. The van der Waals surface area contributed by atoms with Gasteiger partial charge in [-0.05, 0) is 57.7 Å². The van der Waals surface area contributed by atoms with Crippen LogP contribution in [0.2, 0.25) is 0 Å². The number of nitrogen functional groups attached to an aromatic ring is 1. The zero-order valence-corrected chi connectivity index (χ0v) is 14.3. The normalized spacial score (nSPS) is 11.3. The Kier molecular flexibility index (Phi) is 4.47. The van der Waals surface area contributed by atoms with Crippen LogP contribution in [0.25, 0.3) is 0 Å². The van der Waals surface area contributed by atoms with Crippen LogP contribution in [0.3, 0.4) is 0 Å². The van der Waals surface area contributed by atoms with Gasteiger partial charge in [0.2, 0.25) is 0 Å². The summed E-state index contributed by atoms with van der Waals surface area (Å²) < 4.78 is 12.3. The highest BCUT2D eigenvalue weighted by Gasteiger charge is 2.23. The van der Waals surface area contributed by atoms with Crippen molar-refractivity contribution in [2.75, 3.05) is 12.8 Å². The Labute approximate surface area is 134 Å². The van der Waals surface area contributed by atoms with Gasteiger partial charge in [0.15, 0.2) is 0 Å². The quantitative estimate of drug-likeness (QED) is 0.781. The molecule has 0 aliphatic heterocycles. The van der Waals surface area contributed by atoms with Crippen molar-refractivity contribution < 1.29 is 9.47 Å². The van der Waals surface area contributed by atoms with Crippen molar-refractivity contribution in [2.24, 2.45) is 0 Å². The number of nitrogens with two attached hydrogens (primary N) is 1. The summed E-state index contributed by atoms with van der Waals surface area (Å²) >= 11 is 3.57. The fraction of sp³-hybridized carbons (Fsp3) is 0.294. The van der Waals surface area contributed by atoms with Crippen molar-refractivity contribution in [1.29, 1.82) is 0 Å². The molecule has 2 N–H and O–H groups in total. The van der Waals surface area contributed by atoms with Crippen molar-refractivity contribution in [3.05, 3.63) is 46.4 Å². The van der Waals surface area contributed by atoms with Crippen molar-refractivity contribution in [3.8, 4) is 17.2 Å². The maximum atomic E-state index is 6.06. The average Bonchev–Trinajstić information content (AvgIpc) is 2.41. The Morgan fingerprint density at radius 1 is 1.00 bits per heavy atom. The standard InChI is InChI=1S/C17H20BrNO2/c1-17(2,3)14-9-13(20-4)10-15(18)16(14)21-12-7-5-11(19)6-8-12/h5-10H,19H2,1-4H3. The van der Waals surface area contributed by atoms with E-state index in [0.717, 1.165) is 27.3 Å². The Morgan fingerprint density at radius 3 is 2.14 bits per heavy atom. The minimum absolute atomic E-state index is 0.0692. The number of halogens is 1. The fourth-order valence-electron chi connectivity index (χ4n) is 2.00. The first-order valence-electron chi connectivity index (χ1n) is 6.72. The molecule has 0 aliphatic rings. The third kappa shape index (κ3) is 3.70. The number of anilines is 1. The van der Waals surface area contributed by atoms with E-state index in [9.17, 15) is 0 Å². The maximum Gasteiger partial charge on any atom is 0.145 e. The molecular formula is C17H20BrNO2. The van der Waals surface area contributed by atoms with Crippen LogP contribution in [0, 0.1) is 0 Å². The van der Waals surface area contributed by atoms with Crippen LogP contribution < -0.4 is 15.2 Å². The van der Waals surface area contributed by atoms with E-state index in [-0.39, 0.29) is 5.41 Å². The van der Waals surface area contributed by atoms with Crippen molar-refractivity contribution >= 4 is 21.6 Å². The topological polar surface area (TPSA) is 44.5 Å². The Morgan fingerprint density at radius 2 is 1.62 bits per heavy atom. The molecule has 2 rings (SSSR count). The third-order valence-corrected chi connectivity index (χ3v) is 3.75. The summed E-state index contributed by atoms with van der Waals surface area (Å²) in [7, 11) is 1.66. The largest absolute Gasteiger partial charge is 0.497 e. The van der Waals surface area contributed by atoms with Crippen LogP contribution in [0.4, 0.5) is 5.69 Å². The minimum atomic E-state index is -0.0692. The summed E-state index contributed by atoms with van der Waals surface area (Å²) in [5.74, 6) is 2.35. The number of rotatable bonds is 3. The zero-order chi connectivity index (χ0) is 15.6. The molecule has 0 radical (unpaired) electrons. The van der Waals surface area contributed by atoms with Crippen LogP contribution in [-0.2, 0) is 5.41 Å². The highest BCUT2D eigenvalue weighted by atomic mass is 79.9. The summed E-state index contributed by atoms with van der Waals surface area (Å²) in [6, 6.07) is 11.3. The number of hydrogen-bond donors (Lipinski definition) is 1. The second-order valence-electron chi connectivity index (χ2n) is 5.91. The number of hydrogen-bond acceptors (Lipinski definition) is 3. The summed E-state index contributed by atoms with van der Waals surface area (Å²) in [6.07, 6.45) is 0. The molecule has 0 atom stereocenters. The molecule has 0 amide bonds. The number of ether oxygens (including phenoxy) is 2. The minimum Gasteiger partial charge on any atom is -0.497 e. The maximum absolute atomic E-state index is 6.06. The van der Waals surface area contributed by atoms with E-state index in [1.54, 1.807) is 7.11 Å². The number of methoxy groups -OCH3 is 1. The molecule has 0 heterocycles.